The quantitative estimate of drug-likeness (QED) is 0.573. The van der Waals surface area contributed by atoms with E-state index in [-0.39, 0.29) is 5.91 Å². The van der Waals surface area contributed by atoms with Crippen LogP contribution < -0.4 is 5.32 Å². The zero-order valence-corrected chi connectivity index (χ0v) is 11.7. The summed E-state index contributed by atoms with van der Waals surface area (Å²) in [5.74, 6) is -0.145. The molecular formula is C19H13NO2. The molecule has 4 rings (SSSR count). The molecular weight excluding hydrogens is 274 g/mol. The molecule has 0 fully saturated rings. The number of carbonyl (C=O) groups excluding carboxylic acids is 1. The number of rotatable bonds is 2. The van der Waals surface area contributed by atoms with Crippen LogP contribution in [0, 0.1) is 0 Å². The van der Waals surface area contributed by atoms with Crippen LogP contribution in [0.3, 0.4) is 0 Å². The molecule has 106 valence electrons. The SMILES string of the molecule is O=C(Nc1ccccc1)c1ccc2c(c1)oc1ccccc12. The molecule has 3 heteroatoms. The third kappa shape index (κ3) is 2.13. The average molecular weight is 287 g/mol. The maximum absolute atomic E-state index is 12.3. The number of nitrogens with one attached hydrogen (secondary N) is 1. The van der Waals surface area contributed by atoms with Crippen LogP contribution in [0.15, 0.2) is 77.2 Å². The van der Waals surface area contributed by atoms with Crippen molar-refractivity contribution in [2.45, 2.75) is 0 Å². The second-order valence-corrected chi connectivity index (χ2v) is 5.13. The molecule has 0 aliphatic rings. The standard InChI is InChI=1S/C19H13NO2/c21-19(20-14-6-2-1-3-7-14)13-10-11-16-15-8-4-5-9-17(15)22-18(16)12-13/h1-12H,(H,20,21). The van der Waals surface area contributed by atoms with E-state index in [4.69, 9.17) is 4.42 Å². The summed E-state index contributed by atoms with van der Waals surface area (Å²) in [6.07, 6.45) is 0. The van der Waals surface area contributed by atoms with Crippen LogP contribution in [-0.4, -0.2) is 5.91 Å². The van der Waals surface area contributed by atoms with Gasteiger partial charge < -0.3 is 9.73 Å². The average Bonchev–Trinajstić information content (AvgIpc) is 2.93. The molecule has 0 saturated heterocycles. The van der Waals surface area contributed by atoms with Crippen LogP contribution in [-0.2, 0) is 0 Å². The Labute approximate surface area is 127 Å². The molecule has 22 heavy (non-hydrogen) atoms. The van der Waals surface area contributed by atoms with Gasteiger partial charge in [0.25, 0.3) is 5.91 Å². The molecule has 0 unspecified atom stereocenters. The summed E-state index contributed by atoms with van der Waals surface area (Å²) in [6, 6.07) is 22.8. The number of carbonyl (C=O) groups is 1. The van der Waals surface area contributed by atoms with Crippen molar-refractivity contribution in [3.8, 4) is 0 Å². The van der Waals surface area contributed by atoms with E-state index in [0.717, 1.165) is 27.6 Å². The highest BCUT2D eigenvalue weighted by Gasteiger charge is 2.11. The van der Waals surface area contributed by atoms with Gasteiger partial charge in [-0.05, 0) is 36.4 Å². The Morgan fingerprint density at radius 2 is 1.50 bits per heavy atom. The topological polar surface area (TPSA) is 42.2 Å². The molecule has 0 bridgehead atoms. The predicted octanol–water partition coefficient (Wildman–Crippen LogP) is 4.84. The van der Waals surface area contributed by atoms with E-state index in [2.05, 4.69) is 5.32 Å². The lowest BCUT2D eigenvalue weighted by molar-refractivity contribution is 0.102. The van der Waals surface area contributed by atoms with Gasteiger partial charge in [-0.2, -0.15) is 0 Å². The van der Waals surface area contributed by atoms with Crippen LogP contribution >= 0.6 is 0 Å². The maximum atomic E-state index is 12.3. The minimum Gasteiger partial charge on any atom is -0.456 e. The van der Waals surface area contributed by atoms with Crippen molar-refractivity contribution < 1.29 is 9.21 Å². The highest BCUT2D eigenvalue weighted by molar-refractivity contribution is 6.10. The fraction of sp³-hybridized carbons (Fsp3) is 0. The van der Waals surface area contributed by atoms with Gasteiger partial charge in [0.05, 0.1) is 0 Å². The van der Waals surface area contributed by atoms with E-state index in [1.807, 2.05) is 66.7 Å². The van der Waals surface area contributed by atoms with Crippen molar-refractivity contribution in [1.29, 1.82) is 0 Å². The van der Waals surface area contributed by atoms with E-state index in [1.54, 1.807) is 6.07 Å². The van der Waals surface area contributed by atoms with Gasteiger partial charge in [0, 0.05) is 22.0 Å². The molecule has 0 saturated carbocycles. The van der Waals surface area contributed by atoms with Crippen LogP contribution in [0.4, 0.5) is 5.69 Å². The Kier molecular flexibility index (Phi) is 2.90. The third-order valence-electron chi connectivity index (χ3n) is 3.67. The van der Waals surface area contributed by atoms with Crippen LogP contribution in [0.25, 0.3) is 21.9 Å². The van der Waals surface area contributed by atoms with Crippen molar-refractivity contribution in [3.63, 3.8) is 0 Å². The number of anilines is 1. The smallest absolute Gasteiger partial charge is 0.255 e. The molecule has 0 spiro atoms. The molecule has 3 aromatic carbocycles. The summed E-state index contributed by atoms with van der Waals surface area (Å²) in [4.78, 5) is 12.3. The molecule has 3 nitrogen and oxygen atoms in total. The van der Waals surface area contributed by atoms with Gasteiger partial charge in [0.1, 0.15) is 11.2 Å². The second kappa shape index (κ2) is 5.04. The van der Waals surface area contributed by atoms with E-state index in [1.165, 1.54) is 0 Å². The zero-order valence-electron chi connectivity index (χ0n) is 11.7. The lowest BCUT2D eigenvalue weighted by Gasteiger charge is -2.04. The summed E-state index contributed by atoms with van der Waals surface area (Å²) < 4.78 is 5.81. The number of hydrogen-bond donors (Lipinski definition) is 1. The molecule has 0 aliphatic heterocycles. The Morgan fingerprint density at radius 1 is 0.773 bits per heavy atom. The molecule has 1 heterocycles. The van der Waals surface area contributed by atoms with Gasteiger partial charge in [0.2, 0.25) is 0 Å². The van der Waals surface area contributed by atoms with Crippen molar-refractivity contribution in [3.05, 3.63) is 78.4 Å². The van der Waals surface area contributed by atoms with Gasteiger partial charge in [-0.1, -0.05) is 36.4 Å². The second-order valence-electron chi connectivity index (χ2n) is 5.13. The highest BCUT2D eigenvalue weighted by Crippen LogP contribution is 2.29. The Morgan fingerprint density at radius 3 is 2.36 bits per heavy atom. The molecule has 0 atom stereocenters. The first kappa shape index (κ1) is 12.7. The van der Waals surface area contributed by atoms with E-state index in [9.17, 15) is 4.79 Å². The normalized spacial score (nSPS) is 10.9. The lowest BCUT2D eigenvalue weighted by Crippen LogP contribution is -2.11. The van der Waals surface area contributed by atoms with Gasteiger partial charge in [-0.25, -0.2) is 0 Å². The minimum atomic E-state index is -0.145. The predicted molar refractivity (Wildman–Crippen MR) is 88.1 cm³/mol. The van der Waals surface area contributed by atoms with E-state index in [0.29, 0.717) is 5.56 Å². The lowest BCUT2D eigenvalue weighted by atomic mass is 10.1. The van der Waals surface area contributed by atoms with Gasteiger partial charge in [0.15, 0.2) is 0 Å². The van der Waals surface area contributed by atoms with Gasteiger partial charge in [-0.15, -0.1) is 0 Å². The maximum Gasteiger partial charge on any atom is 0.255 e. The van der Waals surface area contributed by atoms with Crippen molar-refractivity contribution >= 4 is 33.5 Å². The number of furan rings is 1. The fourth-order valence-electron chi connectivity index (χ4n) is 2.59. The van der Waals surface area contributed by atoms with Crippen LogP contribution in [0.2, 0.25) is 0 Å². The summed E-state index contributed by atoms with van der Waals surface area (Å²) >= 11 is 0. The first-order chi connectivity index (χ1) is 10.8. The minimum absolute atomic E-state index is 0.145. The summed E-state index contributed by atoms with van der Waals surface area (Å²) in [7, 11) is 0. The van der Waals surface area contributed by atoms with Crippen LogP contribution in [0.5, 0.6) is 0 Å². The first-order valence-electron chi connectivity index (χ1n) is 7.09. The van der Waals surface area contributed by atoms with E-state index < -0.39 is 0 Å². The third-order valence-corrected chi connectivity index (χ3v) is 3.67. The molecule has 1 N–H and O–H groups in total. The van der Waals surface area contributed by atoms with E-state index >= 15 is 0 Å². The molecule has 1 aromatic heterocycles. The van der Waals surface area contributed by atoms with Crippen molar-refractivity contribution in [2.75, 3.05) is 5.32 Å². The zero-order chi connectivity index (χ0) is 14.9. The summed E-state index contributed by atoms with van der Waals surface area (Å²) in [6.45, 7) is 0. The monoisotopic (exact) mass is 287 g/mol. The number of fused-ring (bicyclic) bond motifs is 3. The highest BCUT2D eigenvalue weighted by atomic mass is 16.3. The van der Waals surface area contributed by atoms with Gasteiger partial charge in [-0.3, -0.25) is 4.79 Å². The van der Waals surface area contributed by atoms with Crippen molar-refractivity contribution in [2.24, 2.45) is 0 Å². The molecule has 1 amide bonds. The fourth-order valence-corrected chi connectivity index (χ4v) is 2.59. The Balaban J connectivity index is 1.73. The van der Waals surface area contributed by atoms with Gasteiger partial charge >= 0.3 is 0 Å². The summed E-state index contributed by atoms with van der Waals surface area (Å²) in [5.41, 5.74) is 2.91. The Hall–Kier alpha value is -3.07. The summed E-state index contributed by atoms with van der Waals surface area (Å²) in [5, 5.41) is 4.96. The molecule has 0 aliphatic carbocycles. The Bertz CT molecular complexity index is 970. The number of hydrogen-bond acceptors (Lipinski definition) is 2. The largest absolute Gasteiger partial charge is 0.456 e. The number of benzene rings is 3. The number of amides is 1. The van der Waals surface area contributed by atoms with Crippen LogP contribution in [0.1, 0.15) is 10.4 Å². The molecule has 0 radical (unpaired) electrons. The molecule has 4 aromatic rings. The number of para-hydroxylation sites is 2. The van der Waals surface area contributed by atoms with Crippen molar-refractivity contribution in [1.82, 2.24) is 0 Å². The first-order valence-corrected chi connectivity index (χ1v) is 7.09.